The summed E-state index contributed by atoms with van der Waals surface area (Å²) in [7, 11) is 0. The van der Waals surface area contributed by atoms with Gasteiger partial charge in [0.25, 0.3) is 5.56 Å². The Morgan fingerprint density at radius 1 is 1.13 bits per heavy atom. The molecule has 0 saturated heterocycles. The van der Waals surface area contributed by atoms with Gasteiger partial charge >= 0.3 is 0 Å². The van der Waals surface area contributed by atoms with Gasteiger partial charge in [0, 0.05) is 29.0 Å². The van der Waals surface area contributed by atoms with E-state index in [0.29, 0.717) is 11.4 Å². The quantitative estimate of drug-likeness (QED) is 0.589. The zero-order valence-electron chi connectivity index (χ0n) is 12.5. The van der Waals surface area contributed by atoms with Gasteiger partial charge in [0.05, 0.1) is 16.2 Å². The number of H-pyrrole nitrogens is 1. The van der Waals surface area contributed by atoms with E-state index in [2.05, 4.69) is 21.1 Å². The molecule has 0 bridgehead atoms. The molecule has 0 unspecified atom stereocenters. The molecule has 4 rings (SSSR count). The van der Waals surface area contributed by atoms with Gasteiger partial charge in [0.1, 0.15) is 0 Å². The largest absolute Gasteiger partial charge is 0.294 e. The summed E-state index contributed by atoms with van der Waals surface area (Å²) in [5, 5.41) is 5.02. The highest BCUT2D eigenvalue weighted by Gasteiger charge is 2.06. The van der Waals surface area contributed by atoms with Gasteiger partial charge in [-0.3, -0.25) is 9.89 Å². The van der Waals surface area contributed by atoms with Crippen molar-refractivity contribution in [2.24, 2.45) is 0 Å². The highest BCUT2D eigenvalue weighted by atomic mass is 32.2. The Hall–Kier alpha value is -2.60. The molecule has 0 atom stereocenters. The molecule has 3 aromatic heterocycles. The lowest BCUT2D eigenvalue weighted by Gasteiger charge is -2.03. The van der Waals surface area contributed by atoms with Gasteiger partial charge in [-0.05, 0) is 19.1 Å². The molecular weight excluding hydrogens is 308 g/mol. The number of aromatic amines is 1. The maximum atomic E-state index is 12.1. The van der Waals surface area contributed by atoms with Crippen molar-refractivity contribution >= 4 is 28.3 Å². The molecule has 4 aromatic rings. The maximum absolute atomic E-state index is 12.1. The van der Waals surface area contributed by atoms with Gasteiger partial charge in [-0.15, -0.1) is 11.8 Å². The minimum absolute atomic E-state index is 0.0924. The first-order valence-corrected chi connectivity index (χ1v) is 8.24. The molecule has 0 amide bonds. The predicted molar refractivity (Wildman–Crippen MR) is 91.9 cm³/mol. The normalized spacial score (nSPS) is 11.3. The van der Waals surface area contributed by atoms with Crippen LogP contribution in [0.25, 0.3) is 16.6 Å². The van der Waals surface area contributed by atoms with Crippen LogP contribution in [0.1, 0.15) is 11.4 Å². The van der Waals surface area contributed by atoms with E-state index in [4.69, 9.17) is 0 Å². The standard InChI is InChI=1S/C17H14N4OS/c1-11-8-15-18-13(9-17(22)21(15)20-11)10-23-16-7-6-12-4-2-3-5-14(12)19-16/h2-9,20H,10H2,1H3. The third kappa shape index (κ3) is 2.73. The average Bonchev–Trinajstić information content (AvgIpc) is 2.94. The lowest BCUT2D eigenvalue weighted by atomic mass is 10.2. The molecule has 23 heavy (non-hydrogen) atoms. The van der Waals surface area contributed by atoms with E-state index >= 15 is 0 Å². The monoisotopic (exact) mass is 322 g/mol. The van der Waals surface area contributed by atoms with Crippen LogP contribution in [0, 0.1) is 6.92 Å². The topological polar surface area (TPSA) is 63.1 Å². The highest BCUT2D eigenvalue weighted by Crippen LogP contribution is 2.22. The van der Waals surface area contributed by atoms with Crippen molar-refractivity contribution in [3.05, 3.63) is 70.3 Å². The fourth-order valence-electron chi connectivity index (χ4n) is 2.51. The maximum Gasteiger partial charge on any atom is 0.272 e. The molecule has 0 radical (unpaired) electrons. The number of fused-ring (bicyclic) bond motifs is 2. The van der Waals surface area contributed by atoms with Gasteiger partial charge in [-0.2, -0.15) is 0 Å². The van der Waals surface area contributed by atoms with E-state index in [1.807, 2.05) is 43.3 Å². The molecule has 0 spiro atoms. The summed E-state index contributed by atoms with van der Waals surface area (Å²) >= 11 is 1.58. The highest BCUT2D eigenvalue weighted by molar-refractivity contribution is 7.98. The summed E-state index contributed by atoms with van der Waals surface area (Å²) in [5.74, 6) is 0.612. The number of rotatable bonds is 3. The van der Waals surface area contributed by atoms with Crippen LogP contribution in [0.4, 0.5) is 0 Å². The molecule has 0 saturated carbocycles. The summed E-state index contributed by atoms with van der Waals surface area (Å²) in [6.07, 6.45) is 0. The van der Waals surface area contributed by atoms with Gasteiger partial charge < -0.3 is 0 Å². The number of hydrogen-bond acceptors (Lipinski definition) is 4. The average molecular weight is 322 g/mol. The number of nitrogens with one attached hydrogen (secondary N) is 1. The first-order chi connectivity index (χ1) is 11.2. The third-order valence-electron chi connectivity index (χ3n) is 3.57. The summed E-state index contributed by atoms with van der Waals surface area (Å²) in [6.45, 7) is 1.90. The zero-order chi connectivity index (χ0) is 15.8. The van der Waals surface area contributed by atoms with E-state index in [1.165, 1.54) is 4.52 Å². The first kappa shape index (κ1) is 14.0. The Morgan fingerprint density at radius 2 is 2.00 bits per heavy atom. The summed E-state index contributed by atoms with van der Waals surface area (Å²) in [5.41, 5.74) is 3.20. The molecular formula is C17H14N4OS. The van der Waals surface area contributed by atoms with Crippen LogP contribution in [0.5, 0.6) is 0 Å². The number of nitrogens with zero attached hydrogens (tertiary/aromatic N) is 3. The van der Waals surface area contributed by atoms with E-state index in [9.17, 15) is 4.79 Å². The fourth-order valence-corrected chi connectivity index (χ4v) is 3.28. The van der Waals surface area contributed by atoms with Crippen LogP contribution in [-0.2, 0) is 5.75 Å². The van der Waals surface area contributed by atoms with Crippen molar-refractivity contribution in [2.75, 3.05) is 0 Å². The number of aromatic nitrogens is 4. The molecule has 0 aliphatic rings. The summed E-state index contributed by atoms with van der Waals surface area (Å²) < 4.78 is 1.46. The van der Waals surface area contributed by atoms with Crippen molar-refractivity contribution < 1.29 is 0 Å². The Bertz CT molecular complexity index is 1070. The van der Waals surface area contributed by atoms with E-state index in [0.717, 1.165) is 27.3 Å². The molecule has 114 valence electrons. The van der Waals surface area contributed by atoms with Crippen LogP contribution in [0.2, 0.25) is 0 Å². The number of para-hydroxylation sites is 1. The van der Waals surface area contributed by atoms with E-state index < -0.39 is 0 Å². The van der Waals surface area contributed by atoms with Crippen LogP contribution in [-0.4, -0.2) is 19.6 Å². The van der Waals surface area contributed by atoms with E-state index in [-0.39, 0.29) is 5.56 Å². The van der Waals surface area contributed by atoms with Crippen LogP contribution >= 0.6 is 11.8 Å². The second-order valence-electron chi connectivity index (χ2n) is 5.35. The van der Waals surface area contributed by atoms with Gasteiger partial charge in [-0.25, -0.2) is 14.5 Å². The fraction of sp³-hybridized carbons (Fsp3) is 0.118. The van der Waals surface area contributed by atoms with Crippen molar-refractivity contribution in [1.82, 2.24) is 19.6 Å². The Kier molecular flexibility index (Phi) is 3.38. The molecule has 1 N–H and O–H groups in total. The SMILES string of the molecule is Cc1cc2nc(CSc3ccc4ccccc4n3)cc(=O)n2[nH]1. The van der Waals surface area contributed by atoms with Crippen LogP contribution in [0.3, 0.4) is 0 Å². The lowest BCUT2D eigenvalue weighted by Crippen LogP contribution is -2.15. The molecule has 0 aliphatic carbocycles. The minimum Gasteiger partial charge on any atom is -0.294 e. The molecule has 0 aliphatic heterocycles. The third-order valence-corrected chi connectivity index (χ3v) is 4.54. The van der Waals surface area contributed by atoms with Crippen molar-refractivity contribution in [3.8, 4) is 0 Å². The lowest BCUT2D eigenvalue weighted by molar-refractivity contribution is 0.872. The molecule has 0 fully saturated rings. The number of pyridine rings is 1. The molecule has 1 aromatic carbocycles. The molecule has 3 heterocycles. The van der Waals surface area contributed by atoms with Crippen molar-refractivity contribution in [3.63, 3.8) is 0 Å². The first-order valence-electron chi connectivity index (χ1n) is 7.26. The Labute approximate surface area is 136 Å². The second-order valence-corrected chi connectivity index (χ2v) is 6.34. The predicted octanol–water partition coefficient (Wildman–Crippen LogP) is 3.17. The van der Waals surface area contributed by atoms with Crippen molar-refractivity contribution in [2.45, 2.75) is 17.7 Å². The summed E-state index contributed by atoms with van der Waals surface area (Å²) in [6, 6.07) is 15.5. The second kappa shape index (κ2) is 5.55. The van der Waals surface area contributed by atoms with Gasteiger partial charge in [-0.1, -0.05) is 24.3 Å². The van der Waals surface area contributed by atoms with Crippen LogP contribution < -0.4 is 5.56 Å². The number of thioether (sulfide) groups is 1. The number of hydrogen-bond donors (Lipinski definition) is 1. The number of benzene rings is 1. The Morgan fingerprint density at radius 3 is 2.91 bits per heavy atom. The van der Waals surface area contributed by atoms with Gasteiger partial charge in [0.15, 0.2) is 5.65 Å². The molecule has 5 nitrogen and oxygen atoms in total. The van der Waals surface area contributed by atoms with Gasteiger partial charge in [0.2, 0.25) is 0 Å². The molecule has 6 heteroatoms. The smallest absolute Gasteiger partial charge is 0.272 e. The van der Waals surface area contributed by atoms with E-state index in [1.54, 1.807) is 17.8 Å². The zero-order valence-corrected chi connectivity index (χ0v) is 13.3. The van der Waals surface area contributed by atoms with Crippen LogP contribution in [0.15, 0.2) is 58.4 Å². The Balaban J connectivity index is 1.61. The summed E-state index contributed by atoms with van der Waals surface area (Å²) in [4.78, 5) is 21.2. The number of aryl methyl sites for hydroxylation is 1. The van der Waals surface area contributed by atoms with Crippen molar-refractivity contribution in [1.29, 1.82) is 0 Å². The minimum atomic E-state index is -0.0924.